The summed E-state index contributed by atoms with van der Waals surface area (Å²) >= 11 is 0. The lowest BCUT2D eigenvalue weighted by atomic mass is 10.2. The maximum Gasteiger partial charge on any atom is 0.236 e. The predicted molar refractivity (Wildman–Crippen MR) is 85.1 cm³/mol. The van der Waals surface area contributed by atoms with E-state index in [1.165, 1.54) is 5.41 Å². The second-order valence-corrected chi connectivity index (χ2v) is 7.62. The molecule has 0 bridgehead atoms. The highest BCUT2D eigenvalue weighted by atomic mass is 32.2. The first kappa shape index (κ1) is 14.8. The van der Waals surface area contributed by atoms with E-state index in [1.54, 1.807) is 10.4 Å². The molecule has 3 rings (SSSR count). The van der Waals surface area contributed by atoms with Crippen LogP contribution >= 0.6 is 0 Å². The van der Waals surface area contributed by atoms with Crippen LogP contribution in [0.2, 0.25) is 0 Å². The minimum Gasteiger partial charge on any atom is -0.313 e. The summed E-state index contributed by atoms with van der Waals surface area (Å²) in [6.07, 6.45) is 5.88. The maximum absolute atomic E-state index is 12.6. The van der Waals surface area contributed by atoms with Crippen LogP contribution in [0.3, 0.4) is 0 Å². The smallest absolute Gasteiger partial charge is 0.236 e. The molecule has 5 heteroatoms. The molecule has 1 aromatic rings. The Morgan fingerprint density at radius 2 is 1.95 bits per heavy atom. The number of nitrogens with one attached hydrogen (secondary N) is 1. The van der Waals surface area contributed by atoms with Gasteiger partial charge in [-0.05, 0) is 43.9 Å². The van der Waals surface area contributed by atoms with Crippen molar-refractivity contribution >= 4 is 16.1 Å². The van der Waals surface area contributed by atoms with Gasteiger partial charge < -0.3 is 5.32 Å². The summed E-state index contributed by atoms with van der Waals surface area (Å²) in [7, 11) is -3.33. The third kappa shape index (κ3) is 3.93. The summed E-state index contributed by atoms with van der Waals surface area (Å²) < 4.78 is 26.9. The number of benzene rings is 1. The molecule has 1 saturated carbocycles. The molecule has 0 radical (unpaired) electrons. The summed E-state index contributed by atoms with van der Waals surface area (Å²) in [6, 6.07) is 10.1. The van der Waals surface area contributed by atoms with Crippen molar-refractivity contribution in [3.63, 3.8) is 0 Å². The van der Waals surface area contributed by atoms with Crippen LogP contribution in [0, 0.1) is 0 Å². The number of nitrogens with zero attached hydrogens (tertiary/aromatic N) is 1. The molecule has 1 aromatic carbocycles. The number of hydrogen-bond acceptors (Lipinski definition) is 3. The standard InChI is InChI=1S/C16H22N2O2S/c19-21(20,12-10-14-5-2-1-3-6-14)18(16-8-9-16)13-15-7-4-11-17-15/h1-3,5-6,10,12,15-17H,4,7-9,11,13H2/b12-10+. The van der Waals surface area contributed by atoms with Crippen molar-refractivity contribution in [2.75, 3.05) is 13.1 Å². The van der Waals surface area contributed by atoms with E-state index in [0.717, 1.165) is 37.8 Å². The van der Waals surface area contributed by atoms with Crippen molar-refractivity contribution in [2.24, 2.45) is 0 Å². The molecule has 2 aliphatic rings. The van der Waals surface area contributed by atoms with Crippen LogP contribution in [-0.2, 0) is 10.0 Å². The van der Waals surface area contributed by atoms with Crippen molar-refractivity contribution in [3.8, 4) is 0 Å². The topological polar surface area (TPSA) is 49.4 Å². The van der Waals surface area contributed by atoms with Gasteiger partial charge >= 0.3 is 0 Å². The lowest BCUT2D eigenvalue weighted by molar-refractivity contribution is 0.367. The van der Waals surface area contributed by atoms with Crippen LogP contribution in [0.4, 0.5) is 0 Å². The van der Waals surface area contributed by atoms with Crippen LogP contribution in [0.15, 0.2) is 35.7 Å². The van der Waals surface area contributed by atoms with Gasteiger partial charge in [-0.25, -0.2) is 8.42 Å². The van der Waals surface area contributed by atoms with Gasteiger partial charge in [0.05, 0.1) is 0 Å². The molecule has 1 atom stereocenters. The zero-order chi connectivity index (χ0) is 14.7. The average molecular weight is 306 g/mol. The van der Waals surface area contributed by atoms with Gasteiger partial charge in [0.1, 0.15) is 0 Å². The molecule has 2 fully saturated rings. The zero-order valence-corrected chi connectivity index (χ0v) is 12.9. The Bertz CT molecular complexity index is 588. The van der Waals surface area contributed by atoms with Gasteiger partial charge in [-0.1, -0.05) is 30.3 Å². The molecule has 1 N–H and O–H groups in total. The Hall–Kier alpha value is -1.17. The molecular formula is C16H22N2O2S. The second kappa shape index (κ2) is 6.30. The van der Waals surface area contributed by atoms with Gasteiger partial charge in [0.15, 0.2) is 0 Å². The molecule has 1 unspecified atom stereocenters. The maximum atomic E-state index is 12.6. The molecule has 1 aliphatic heterocycles. The van der Waals surface area contributed by atoms with E-state index in [-0.39, 0.29) is 6.04 Å². The Labute approximate surface area is 126 Å². The first-order valence-electron chi connectivity index (χ1n) is 7.63. The number of rotatable bonds is 6. The summed E-state index contributed by atoms with van der Waals surface area (Å²) in [5.74, 6) is 0. The lowest BCUT2D eigenvalue weighted by Gasteiger charge is -2.23. The Balaban J connectivity index is 1.72. The molecule has 0 spiro atoms. The number of sulfonamides is 1. The fourth-order valence-electron chi connectivity index (χ4n) is 2.76. The van der Waals surface area contributed by atoms with Crippen LogP contribution in [0.25, 0.3) is 6.08 Å². The highest BCUT2D eigenvalue weighted by Gasteiger charge is 2.37. The van der Waals surface area contributed by atoms with E-state index >= 15 is 0 Å². The third-order valence-corrected chi connectivity index (χ3v) is 5.66. The van der Waals surface area contributed by atoms with Gasteiger partial charge in [0, 0.05) is 24.0 Å². The van der Waals surface area contributed by atoms with Crippen molar-refractivity contribution in [2.45, 2.75) is 37.8 Å². The van der Waals surface area contributed by atoms with Gasteiger partial charge in [0.25, 0.3) is 0 Å². The predicted octanol–water partition coefficient (Wildman–Crippen LogP) is 2.20. The van der Waals surface area contributed by atoms with Crippen molar-refractivity contribution in [1.82, 2.24) is 9.62 Å². The Morgan fingerprint density at radius 1 is 1.19 bits per heavy atom. The largest absolute Gasteiger partial charge is 0.313 e. The second-order valence-electron chi connectivity index (χ2n) is 5.85. The minimum atomic E-state index is -3.33. The fourth-order valence-corrected chi connectivity index (χ4v) is 4.26. The summed E-state index contributed by atoms with van der Waals surface area (Å²) in [6.45, 7) is 1.61. The van der Waals surface area contributed by atoms with E-state index in [0.29, 0.717) is 12.6 Å². The van der Waals surface area contributed by atoms with Crippen LogP contribution < -0.4 is 5.32 Å². The Kier molecular flexibility index (Phi) is 4.42. The molecule has 1 heterocycles. The fraction of sp³-hybridized carbons (Fsp3) is 0.500. The van der Waals surface area contributed by atoms with Crippen molar-refractivity contribution in [1.29, 1.82) is 0 Å². The average Bonchev–Trinajstić information content (AvgIpc) is 3.19. The molecule has 4 nitrogen and oxygen atoms in total. The summed E-state index contributed by atoms with van der Waals surface area (Å²) in [4.78, 5) is 0. The normalized spacial score (nSPS) is 23.2. The van der Waals surface area contributed by atoms with Gasteiger partial charge in [-0.3, -0.25) is 0 Å². The van der Waals surface area contributed by atoms with E-state index in [2.05, 4.69) is 5.32 Å². The van der Waals surface area contributed by atoms with E-state index in [1.807, 2.05) is 30.3 Å². The van der Waals surface area contributed by atoms with E-state index < -0.39 is 10.0 Å². The highest BCUT2D eigenvalue weighted by molar-refractivity contribution is 7.92. The Morgan fingerprint density at radius 3 is 2.57 bits per heavy atom. The molecule has 1 aliphatic carbocycles. The molecule has 1 saturated heterocycles. The first-order chi connectivity index (χ1) is 10.1. The van der Waals surface area contributed by atoms with Crippen LogP contribution in [0.1, 0.15) is 31.2 Å². The highest BCUT2D eigenvalue weighted by Crippen LogP contribution is 2.30. The van der Waals surface area contributed by atoms with Gasteiger partial charge in [-0.2, -0.15) is 4.31 Å². The van der Waals surface area contributed by atoms with Gasteiger partial charge in [-0.15, -0.1) is 0 Å². The number of hydrogen-bond donors (Lipinski definition) is 1. The van der Waals surface area contributed by atoms with Gasteiger partial charge in [0.2, 0.25) is 10.0 Å². The molecule has 114 valence electrons. The first-order valence-corrected chi connectivity index (χ1v) is 9.14. The lowest BCUT2D eigenvalue weighted by Crippen LogP contribution is -2.41. The molecule has 0 aromatic heterocycles. The van der Waals surface area contributed by atoms with E-state index in [4.69, 9.17) is 0 Å². The van der Waals surface area contributed by atoms with Crippen molar-refractivity contribution in [3.05, 3.63) is 41.3 Å². The summed E-state index contributed by atoms with van der Waals surface area (Å²) in [5.41, 5.74) is 0.913. The summed E-state index contributed by atoms with van der Waals surface area (Å²) in [5, 5.41) is 4.74. The zero-order valence-electron chi connectivity index (χ0n) is 12.1. The van der Waals surface area contributed by atoms with Crippen LogP contribution in [0.5, 0.6) is 0 Å². The minimum absolute atomic E-state index is 0.206. The SMILES string of the molecule is O=S(=O)(/C=C/c1ccccc1)N(CC1CCCN1)C1CC1. The van der Waals surface area contributed by atoms with E-state index in [9.17, 15) is 8.42 Å². The van der Waals surface area contributed by atoms with Crippen molar-refractivity contribution < 1.29 is 8.42 Å². The third-order valence-electron chi connectivity index (χ3n) is 4.08. The quantitative estimate of drug-likeness (QED) is 0.876. The monoisotopic (exact) mass is 306 g/mol. The van der Waals surface area contributed by atoms with Crippen LogP contribution in [-0.4, -0.2) is 37.9 Å². The molecule has 21 heavy (non-hydrogen) atoms. The molecule has 0 amide bonds. The molecular weight excluding hydrogens is 284 g/mol.